The highest BCUT2D eigenvalue weighted by molar-refractivity contribution is 6.35. The first-order valence-corrected chi connectivity index (χ1v) is 5.54. The third-order valence-electron chi connectivity index (χ3n) is 2.12. The van der Waals surface area contributed by atoms with Gasteiger partial charge in [0.25, 0.3) is 5.69 Å². The molecule has 0 radical (unpaired) electrons. The lowest BCUT2D eigenvalue weighted by molar-refractivity contribution is -0.384. The number of ether oxygens (including phenoxy) is 2. The van der Waals surface area contributed by atoms with Crippen LogP contribution in [0.5, 0.6) is 0 Å². The monoisotopic (exact) mass is 273 g/mol. The average molecular weight is 274 g/mol. The van der Waals surface area contributed by atoms with Gasteiger partial charge in [-0.2, -0.15) is 0 Å². The van der Waals surface area contributed by atoms with Gasteiger partial charge in [0, 0.05) is 26.2 Å². The van der Waals surface area contributed by atoms with Crippen molar-refractivity contribution < 1.29 is 19.2 Å². The summed E-state index contributed by atoms with van der Waals surface area (Å²) in [6.07, 6.45) is 0.550. The van der Waals surface area contributed by atoms with Crippen molar-refractivity contribution >= 4 is 23.3 Å². The molecule has 0 spiro atoms. The third kappa shape index (κ3) is 3.68. The number of halogens is 1. The molecule has 0 aliphatic heterocycles. The topological polar surface area (TPSA) is 78.7 Å². The molecule has 0 amide bonds. The van der Waals surface area contributed by atoms with Crippen molar-refractivity contribution in [1.82, 2.24) is 0 Å². The van der Waals surface area contributed by atoms with Gasteiger partial charge >= 0.3 is 5.97 Å². The van der Waals surface area contributed by atoms with Crippen LogP contribution < -0.4 is 0 Å². The second-order valence-corrected chi connectivity index (χ2v) is 3.76. The van der Waals surface area contributed by atoms with Gasteiger partial charge in [0.15, 0.2) is 0 Å². The van der Waals surface area contributed by atoms with E-state index in [4.69, 9.17) is 21.1 Å². The van der Waals surface area contributed by atoms with Crippen LogP contribution in [0.4, 0.5) is 5.69 Å². The molecule has 0 aromatic heterocycles. The van der Waals surface area contributed by atoms with Crippen molar-refractivity contribution in [1.29, 1.82) is 0 Å². The summed E-state index contributed by atoms with van der Waals surface area (Å²) in [5.41, 5.74) is -0.328. The average Bonchev–Trinajstić information content (AvgIpc) is 2.34. The highest BCUT2D eigenvalue weighted by atomic mass is 35.5. The molecule has 0 saturated heterocycles. The van der Waals surface area contributed by atoms with Gasteiger partial charge in [-0.1, -0.05) is 17.7 Å². The van der Waals surface area contributed by atoms with Gasteiger partial charge in [-0.05, 0) is 6.07 Å². The molecule has 1 rings (SSSR count). The first-order valence-electron chi connectivity index (χ1n) is 5.17. The van der Waals surface area contributed by atoms with Crippen LogP contribution in [0.25, 0.3) is 0 Å². The molecule has 1 aromatic carbocycles. The Bertz CT molecular complexity index is 449. The maximum Gasteiger partial charge on any atom is 0.339 e. The fraction of sp³-hybridized carbons (Fsp3) is 0.364. The number of hydrogen-bond donors (Lipinski definition) is 0. The minimum absolute atomic E-state index is 0.0108. The van der Waals surface area contributed by atoms with Crippen molar-refractivity contribution in [2.45, 2.75) is 6.42 Å². The Hall–Kier alpha value is -1.66. The Balaban J connectivity index is 2.74. The summed E-state index contributed by atoms with van der Waals surface area (Å²) >= 11 is 5.77. The number of nitro benzene ring substituents is 1. The molecule has 0 heterocycles. The van der Waals surface area contributed by atoms with Crippen molar-refractivity contribution in [3.63, 3.8) is 0 Å². The van der Waals surface area contributed by atoms with Crippen LogP contribution in [-0.2, 0) is 9.47 Å². The van der Waals surface area contributed by atoms with Gasteiger partial charge in [-0.3, -0.25) is 10.1 Å². The van der Waals surface area contributed by atoms with Gasteiger partial charge in [0.05, 0.1) is 17.1 Å². The number of carbonyl (C=O) groups is 1. The Kier molecular flexibility index (Phi) is 5.54. The lowest BCUT2D eigenvalue weighted by Gasteiger charge is -2.06. The standard InChI is InChI=1S/C11H12ClNO5/c1-17-6-3-7-18-11(14)8-4-2-5-9(10(8)12)13(15)16/h2,4-5H,3,6-7H2,1H3. The van der Waals surface area contributed by atoms with Crippen LogP contribution in [0, 0.1) is 10.1 Å². The molecule has 0 fully saturated rings. The maximum absolute atomic E-state index is 11.6. The van der Waals surface area contributed by atoms with Crippen LogP contribution in [0.3, 0.4) is 0 Å². The van der Waals surface area contributed by atoms with Crippen LogP contribution in [0.15, 0.2) is 18.2 Å². The molecule has 0 atom stereocenters. The number of rotatable bonds is 6. The quantitative estimate of drug-likeness (QED) is 0.344. The summed E-state index contributed by atoms with van der Waals surface area (Å²) in [7, 11) is 1.54. The number of carbonyl (C=O) groups excluding carboxylic acids is 1. The van der Waals surface area contributed by atoms with Crippen molar-refractivity contribution in [2.24, 2.45) is 0 Å². The highest BCUT2D eigenvalue weighted by Crippen LogP contribution is 2.28. The molecule has 98 valence electrons. The Morgan fingerprint density at radius 3 is 2.78 bits per heavy atom. The molecule has 0 aliphatic rings. The summed E-state index contributed by atoms with van der Waals surface area (Å²) in [4.78, 5) is 21.6. The van der Waals surface area contributed by atoms with E-state index in [1.807, 2.05) is 0 Å². The smallest absolute Gasteiger partial charge is 0.339 e. The zero-order chi connectivity index (χ0) is 13.5. The van der Waals surface area contributed by atoms with E-state index in [0.717, 1.165) is 0 Å². The van der Waals surface area contributed by atoms with Gasteiger partial charge in [-0.25, -0.2) is 4.79 Å². The van der Waals surface area contributed by atoms with Gasteiger partial charge in [-0.15, -0.1) is 0 Å². The first kappa shape index (κ1) is 14.4. The predicted octanol–water partition coefficient (Wildman–Crippen LogP) is 2.44. The van der Waals surface area contributed by atoms with E-state index in [0.29, 0.717) is 13.0 Å². The number of esters is 1. The molecule has 0 saturated carbocycles. The second kappa shape index (κ2) is 6.93. The summed E-state index contributed by atoms with van der Waals surface area (Å²) in [6, 6.07) is 3.99. The molecular formula is C11H12ClNO5. The molecule has 0 bridgehead atoms. The minimum atomic E-state index is -0.681. The van der Waals surface area contributed by atoms with E-state index in [-0.39, 0.29) is 22.9 Å². The molecular weight excluding hydrogens is 262 g/mol. The van der Waals surface area contributed by atoms with Crippen LogP contribution in [-0.4, -0.2) is 31.2 Å². The SMILES string of the molecule is COCCCOC(=O)c1cccc([N+](=O)[O-])c1Cl. The summed E-state index contributed by atoms with van der Waals surface area (Å²) in [5, 5.41) is 10.4. The Morgan fingerprint density at radius 1 is 1.44 bits per heavy atom. The minimum Gasteiger partial charge on any atom is -0.462 e. The third-order valence-corrected chi connectivity index (χ3v) is 2.52. The zero-order valence-electron chi connectivity index (χ0n) is 9.72. The van der Waals surface area contributed by atoms with Gasteiger partial charge < -0.3 is 9.47 Å². The van der Waals surface area contributed by atoms with Crippen LogP contribution in [0.2, 0.25) is 5.02 Å². The summed E-state index contributed by atoms with van der Waals surface area (Å²) in [6.45, 7) is 0.641. The largest absolute Gasteiger partial charge is 0.462 e. The maximum atomic E-state index is 11.6. The molecule has 0 aliphatic carbocycles. The summed E-state index contributed by atoms with van der Waals surface area (Å²) < 4.78 is 9.72. The number of methoxy groups -OCH3 is 1. The Morgan fingerprint density at radius 2 is 2.17 bits per heavy atom. The lowest BCUT2D eigenvalue weighted by Crippen LogP contribution is -2.09. The molecule has 0 N–H and O–H groups in total. The number of nitro groups is 1. The zero-order valence-corrected chi connectivity index (χ0v) is 10.5. The van der Waals surface area contributed by atoms with E-state index < -0.39 is 10.9 Å². The molecule has 6 nitrogen and oxygen atoms in total. The van der Waals surface area contributed by atoms with Crippen molar-refractivity contribution in [3.8, 4) is 0 Å². The molecule has 7 heteroatoms. The number of nitrogens with zero attached hydrogens (tertiary/aromatic N) is 1. The van der Waals surface area contributed by atoms with E-state index in [2.05, 4.69) is 0 Å². The van der Waals surface area contributed by atoms with Crippen molar-refractivity contribution in [3.05, 3.63) is 38.9 Å². The van der Waals surface area contributed by atoms with E-state index in [1.165, 1.54) is 18.2 Å². The summed E-state index contributed by atoms with van der Waals surface area (Å²) in [5.74, 6) is -0.681. The molecule has 0 unspecified atom stereocenters. The molecule has 18 heavy (non-hydrogen) atoms. The van der Waals surface area contributed by atoms with Crippen LogP contribution >= 0.6 is 11.6 Å². The van der Waals surface area contributed by atoms with Crippen molar-refractivity contribution in [2.75, 3.05) is 20.3 Å². The number of hydrogen-bond acceptors (Lipinski definition) is 5. The lowest BCUT2D eigenvalue weighted by atomic mass is 10.2. The highest BCUT2D eigenvalue weighted by Gasteiger charge is 2.20. The first-order chi connectivity index (χ1) is 8.57. The van der Waals surface area contributed by atoms with Gasteiger partial charge in [0.1, 0.15) is 5.02 Å². The van der Waals surface area contributed by atoms with Crippen LogP contribution in [0.1, 0.15) is 16.8 Å². The second-order valence-electron chi connectivity index (χ2n) is 3.38. The number of benzene rings is 1. The predicted molar refractivity (Wildman–Crippen MR) is 64.9 cm³/mol. The fourth-order valence-electron chi connectivity index (χ4n) is 1.26. The Labute approximate surface area is 109 Å². The fourth-order valence-corrected chi connectivity index (χ4v) is 1.54. The molecule has 1 aromatic rings. The van der Waals surface area contributed by atoms with E-state index >= 15 is 0 Å². The van der Waals surface area contributed by atoms with E-state index in [1.54, 1.807) is 7.11 Å². The normalized spacial score (nSPS) is 10.1. The van der Waals surface area contributed by atoms with Gasteiger partial charge in [0.2, 0.25) is 0 Å². The van der Waals surface area contributed by atoms with E-state index in [9.17, 15) is 14.9 Å².